The number of thioether (sulfide) groups is 1. The Kier molecular flexibility index (Phi) is 5.70. The number of hydrogen-bond acceptors (Lipinski definition) is 4. The van der Waals surface area contributed by atoms with Crippen LogP contribution in [0, 0.1) is 0 Å². The van der Waals surface area contributed by atoms with Crippen LogP contribution in [-0.4, -0.2) is 59.6 Å². The molecule has 2 atom stereocenters. The highest BCUT2D eigenvalue weighted by Gasteiger charge is 2.35. The number of hydrogen-bond donors (Lipinski definition) is 1. The van der Waals surface area contributed by atoms with Crippen molar-refractivity contribution in [2.75, 3.05) is 26.0 Å². The molecule has 1 aromatic carbocycles. The topological polar surface area (TPSA) is 63.6 Å². The van der Waals surface area contributed by atoms with E-state index in [4.69, 9.17) is 0 Å². The summed E-state index contributed by atoms with van der Waals surface area (Å²) >= 11 is 1.45. The Bertz CT molecular complexity index is 810. The highest BCUT2D eigenvalue weighted by molar-refractivity contribution is 8.00. The van der Waals surface area contributed by atoms with E-state index in [0.717, 1.165) is 15.8 Å². The molecule has 1 aliphatic rings. The first kappa shape index (κ1) is 18.6. The molecular weight excluding hydrogens is 357 g/mol. The van der Waals surface area contributed by atoms with Crippen molar-refractivity contribution in [2.24, 2.45) is 7.05 Å². The molecule has 0 aliphatic carbocycles. The Morgan fingerprint density at radius 1 is 1.38 bits per heavy atom. The van der Waals surface area contributed by atoms with Crippen molar-refractivity contribution >= 4 is 34.7 Å². The monoisotopic (exact) mass is 379 g/mol. The zero-order valence-electron chi connectivity index (χ0n) is 14.8. The summed E-state index contributed by atoms with van der Waals surface area (Å²) in [5, 5.41) is 3.65. The van der Waals surface area contributed by atoms with Crippen LogP contribution in [0.15, 0.2) is 35.4 Å². The van der Waals surface area contributed by atoms with Gasteiger partial charge in [0.15, 0.2) is 0 Å². The third-order valence-electron chi connectivity index (χ3n) is 4.56. The molecule has 2 aromatic rings. The van der Waals surface area contributed by atoms with Gasteiger partial charge >= 0.3 is 6.09 Å². The predicted octanol–water partition coefficient (Wildman–Crippen LogP) is 2.57. The van der Waals surface area contributed by atoms with Crippen molar-refractivity contribution in [3.05, 3.63) is 30.5 Å². The maximum atomic E-state index is 13.8. The summed E-state index contributed by atoms with van der Waals surface area (Å²) in [4.78, 5) is 26.4. The summed E-state index contributed by atoms with van der Waals surface area (Å²) in [6.07, 6.45) is 0.589. The van der Waals surface area contributed by atoms with Crippen molar-refractivity contribution in [2.45, 2.75) is 23.5 Å². The average molecular weight is 379 g/mol. The molecule has 0 radical (unpaired) electrons. The lowest BCUT2D eigenvalue weighted by Gasteiger charge is -2.24. The van der Waals surface area contributed by atoms with Gasteiger partial charge < -0.3 is 19.5 Å². The number of benzene rings is 1. The van der Waals surface area contributed by atoms with Crippen molar-refractivity contribution in [3.8, 4) is 0 Å². The Labute approximate surface area is 155 Å². The molecule has 0 spiro atoms. The molecule has 2 heterocycles. The second-order valence-electron chi connectivity index (χ2n) is 6.32. The number of fused-ring (bicyclic) bond motifs is 1. The number of nitrogens with zero attached hydrogens (tertiary/aromatic N) is 2. The van der Waals surface area contributed by atoms with Crippen molar-refractivity contribution in [1.82, 2.24) is 14.8 Å². The fourth-order valence-electron chi connectivity index (χ4n) is 3.27. The number of ether oxygens (including phenoxy) is 1. The van der Waals surface area contributed by atoms with E-state index in [0.29, 0.717) is 0 Å². The molecule has 3 rings (SSSR count). The smallest absolute Gasteiger partial charge is 0.406 e. The van der Waals surface area contributed by atoms with Gasteiger partial charge in [-0.3, -0.25) is 4.79 Å². The largest absolute Gasteiger partial charge is 0.453 e. The molecule has 26 heavy (non-hydrogen) atoms. The van der Waals surface area contributed by atoms with Gasteiger partial charge in [0.05, 0.1) is 25.4 Å². The first-order valence-corrected chi connectivity index (χ1v) is 9.40. The van der Waals surface area contributed by atoms with E-state index in [1.165, 1.54) is 23.8 Å². The van der Waals surface area contributed by atoms with E-state index < -0.39 is 12.3 Å². The SMILES string of the molecule is COC(=O)NC[C@@H]1C[C@H](F)CN1C(=O)CSc1cn(C)c2ccccc12. The second kappa shape index (κ2) is 7.99. The molecule has 0 saturated carbocycles. The summed E-state index contributed by atoms with van der Waals surface area (Å²) in [6, 6.07) is 7.66. The molecule has 1 saturated heterocycles. The predicted molar refractivity (Wildman–Crippen MR) is 99.1 cm³/mol. The zero-order chi connectivity index (χ0) is 18.7. The van der Waals surface area contributed by atoms with Gasteiger partial charge in [0, 0.05) is 42.0 Å². The quantitative estimate of drug-likeness (QED) is 0.811. The summed E-state index contributed by atoms with van der Waals surface area (Å²) < 4.78 is 20.4. The highest BCUT2D eigenvalue weighted by atomic mass is 32.2. The minimum absolute atomic E-state index is 0.0719. The van der Waals surface area contributed by atoms with Gasteiger partial charge in [0.25, 0.3) is 0 Å². The van der Waals surface area contributed by atoms with Crippen LogP contribution in [0.2, 0.25) is 0 Å². The van der Waals surface area contributed by atoms with E-state index in [1.807, 2.05) is 42.1 Å². The van der Waals surface area contributed by atoms with Crippen molar-refractivity contribution < 1.29 is 18.7 Å². The number of aryl methyl sites for hydroxylation is 1. The number of carbonyl (C=O) groups is 2. The third-order valence-corrected chi connectivity index (χ3v) is 5.59. The van der Waals surface area contributed by atoms with Gasteiger partial charge in [0.2, 0.25) is 5.91 Å². The highest BCUT2D eigenvalue weighted by Crippen LogP contribution is 2.30. The maximum absolute atomic E-state index is 13.8. The lowest BCUT2D eigenvalue weighted by atomic mass is 10.2. The molecule has 2 amide bonds. The molecule has 1 aromatic heterocycles. The number of nitrogens with one attached hydrogen (secondary N) is 1. The van der Waals surface area contributed by atoms with Gasteiger partial charge in [0.1, 0.15) is 6.17 Å². The molecule has 0 bridgehead atoms. The van der Waals surface area contributed by atoms with Crippen LogP contribution in [0.25, 0.3) is 10.9 Å². The maximum Gasteiger partial charge on any atom is 0.406 e. The van der Waals surface area contributed by atoms with Crippen molar-refractivity contribution in [3.63, 3.8) is 0 Å². The molecule has 1 aliphatic heterocycles. The number of alkyl halides is 1. The van der Waals surface area contributed by atoms with Crippen LogP contribution in [0.5, 0.6) is 0 Å². The van der Waals surface area contributed by atoms with E-state index in [1.54, 1.807) is 0 Å². The number of carbonyl (C=O) groups excluding carboxylic acids is 2. The van der Waals surface area contributed by atoms with E-state index >= 15 is 0 Å². The number of para-hydroxylation sites is 1. The number of rotatable bonds is 5. The van der Waals surface area contributed by atoms with Gasteiger partial charge in [-0.05, 0) is 6.07 Å². The van der Waals surface area contributed by atoms with E-state index in [2.05, 4.69) is 10.1 Å². The van der Waals surface area contributed by atoms with Gasteiger partial charge in [-0.2, -0.15) is 0 Å². The Morgan fingerprint density at radius 2 is 2.15 bits per heavy atom. The zero-order valence-corrected chi connectivity index (χ0v) is 15.6. The molecular formula is C18H22FN3O3S. The number of methoxy groups -OCH3 is 1. The molecule has 6 nitrogen and oxygen atoms in total. The van der Waals surface area contributed by atoms with Crippen LogP contribution in [0.1, 0.15) is 6.42 Å². The minimum Gasteiger partial charge on any atom is -0.453 e. The lowest BCUT2D eigenvalue weighted by Crippen LogP contribution is -2.43. The van der Waals surface area contributed by atoms with Crippen LogP contribution in [-0.2, 0) is 16.6 Å². The molecule has 140 valence electrons. The minimum atomic E-state index is -1.06. The number of likely N-dealkylation sites (tertiary alicyclic amines) is 1. The standard InChI is InChI=1S/C18H22FN3O3S/c1-21-10-16(14-5-3-4-6-15(14)21)26-11-17(23)22-9-12(19)7-13(22)8-20-18(24)25-2/h3-6,10,12-13H,7-9,11H2,1-2H3,(H,20,24)/t12-,13-/m0/s1. The van der Waals surface area contributed by atoms with E-state index in [-0.39, 0.29) is 37.2 Å². The first-order chi connectivity index (χ1) is 12.5. The number of halogens is 1. The molecule has 8 heteroatoms. The fraction of sp³-hybridized carbons (Fsp3) is 0.444. The Hall–Kier alpha value is -2.22. The third kappa shape index (κ3) is 3.95. The molecule has 0 unspecified atom stereocenters. The number of amides is 2. The Balaban J connectivity index is 1.63. The van der Waals surface area contributed by atoms with Crippen LogP contribution in [0.4, 0.5) is 9.18 Å². The van der Waals surface area contributed by atoms with Gasteiger partial charge in [-0.15, -0.1) is 11.8 Å². The molecule has 1 N–H and O–H groups in total. The van der Waals surface area contributed by atoms with Crippen LogP contribution in [0.3, 0.4) is 0 Å². The fourth-order valence-corrected chi connectivity index (χ4v) is 4.28. The van der Waals surface area contributed by atoms with Gasteiger partial charge in [-0.1, -0.05) is 18.2 Å². The number of alkyl carbamates (subject to hydrolysis) is 1. The van der Waals surface area contributed by atoms with Crippen LogP contribution >= 0.6 is 11.8 Å². The lowest BCUT2D eigenvalue weighted by molar-refractivity contribution is -0.129. The van der Waals surface area contributed by atoms with E-state index in [9.17, 15) is 14.0 Å². The Morgan fingerprint density at radius 3 is 2.92 bits per heavy atom. The normalized spacial score (nSPS) is 19.7. The summed E-state index contributed by atoms with van der Waals surface area (Å²) in [5.41, 5.74) is 1.10. The molecule has 1 fully saturated rings. The van der Waals surface area contributed by atoms with Crippen LogP contribution < -0.4 is 5.32 Å². The van der Waals surface area contributed by atoms with Crippen molar-refractivity contribution in [1.29, 1.82) is 0 Å². The first-order valence-electron chi connectivity index (χ1n) is 8.41. The summed E-state index contributed by atoms with van der Waals surface area (Å²) in [6.45, 7) is 0.264. The van der Waals surface area contributed by atoms with Gasteiger partial charge in [-0.25, -0.2) is 9.18 Å². The summed E-state index contributed by atoms with van der Waals surface area (Å²) in [5.74, 6) is 0.106. The average Bonchev–Trinajstić information content (AvgIpc) is 3.18. The summed E-state index contributed by atoms with van der Waals surface area (Å²) in [7, 11) is 3.24. The number of aromatic nitrogens is 1. The second-order valence-corrected chi connectivity index (χ2v) is 7.33.